The smallest absolute Gasteiger partial charge is 0.331 e. The van der Waals surface area contributed by atoms with Crippen LogP contribution in [0.4, 0.5) is 10.5 Å². The highest BCUT2D eigenvalue weighted by atomic mass is 16.2. The van der Waals surface area contributed by atoms with Crippen molar-refractivity contribution in [1.29, 1.82) is 5.26 Å². The summed E-state index contributed by atoms with van der Waals surface area (Å²) in [5, 5.41) is 12.2. The number of carbonyl (C=O) groups is 2. The van der Waals surface area contributed by atoms with E-state index < -0.39 is 11.2 Å². The van der Waals surface area contributed by atoms with Gasteiger partial charge in [0.25, 0.3) is 5.56 Å². The SMILES string of the molecule is Cn1c(=O)c(-c2cccc(C#N)c2)cn(CC(=O)N2CCC(N3CCc4ccccc4NC3=O)CC2)c1=O. The highest BCUT2D eigenvalue weighted by Gasteiger charge is 2.31. The van der Waals surface area contributed by atoms with Gasteiger partial charge in [0, 0.05) is 44.6 Å². The third kappa shape index (κ3) is 4.83. The van der Waals surface area contributed by atoms with Gasteiger partial charge < -0.3 is 15.1 Å². The molecule has 1 fully saturated rings. The zero-order chi connectivity index (χ0) is 26.8. The summed E-state index contributed by atoms with van der Waals surface area (Å²) in [5.41, 5.74) is 2.01. The zero-order valence-corrected chi connectivity index (χ0v) is 21.1. The molecule has 1 aromatic heterocycles. The quantitative estimate of drug-likeness (QED) is 0.575. The number of anilines is 1. The van der Waals surface area contributed by atoms with Crippen molar-refractivity contribution in [2.45, 2.75) is 31.8 Å². The van der Waals surface area contributed by atoms with E-state index in [1.807, 2.05) is 35.2 Å². The summed E-state index contributed by atoms with van der Waals surface area (Å²) in [6.45, 7) is 1.35. The van der Waals surface area contributed by atoms with Crippen molar-refractivity contribution in [2.24, 2.45) is 7.05 Å². The molecular formula is C28H28N6O4. The fourth-order valence-electron chi connectivity index (χ4n) is 5.20. The van der Waals surface area contributed by atoms with Crippen molar-refractivity contribution < 1.29 is 9.59 Å². The van der Waals surface area contributed by atoms with Crippen molar-refractivity contribution in [1.82, 2.24) is 18.9 Å². The normalized spacial score (nSPS) is 15.8. The molecule has 0 saturated carbocycles. The molecule has 0 atom stereocenters. The molecule has 10 nitrogen and oxygen atoms in total. The van der Waals surface area contributed by atoms with Crippen LogP contribution in [-0.4, -0.2) is 56.5 Å². The zero-order valence-electron chi connectivity index (χ0n) is 21.1. The van der Waals surface area contributed by atoms with E-state index in [-0.39, 0.29) is 30.1 Å². The number of urea groups is 1. The lowest BCUT2D eigenvalue weighted by Gasteiger charge is -2.38. The molecule has 0 radical (unpaired) electrons. The maximum absolute atomic E-state index is 13.2. The van der Waals surface area contributed by atoms with Crippen LogP contribution in [0.2, 0.25) is 0 Å². The summed E-state index contributed by atoms with van der Waals surface area (Å²) in [6, 6.07) is 16.3. The molecule has 0 spiro atoms. The van der Waals surface area contributed by atoms with Gasteiger partial charge in [-0.05, 0) is 48.6 Å². The third-order valence-corrected chi connectivity index (χ3v) is 7.36. The van der Waals surface area contributed by atoms with Gasteiger partial charge in [-0.2, -0.15) is 5.26 Å². The molecule has 10 heteroatoms. The number of hydrogen-bond acceptors (Lipinski definition) is 5. The van der Waals surface area contributed by atoms with Gasteiger partial charge in [-0.1, -0.05) is 30.3 Å². The second kappa shape index (κ2) is 10.4. The minimum Gasteiger partial charge on any atom is -0.341 e. The van der Waals surface area contributed by atoms with Gasteiger partial charge in [0.15, 0.2) is 0 Å². The first-order chi connectivity index (χ1) is 18.4. The van der Waals surface area contributed by atoms with Crippen LogP contribution in [0.1, 0.15) is 24.0 Å². The summed E-state index contributed by atoms with van der Waals surface area (Å²) in [6.07, 6.45) is 3.45. The van der Waals surface area contributed by atoms with Crippen LogP contribution in [0.15, 0.2) is 64.3 Å². The van der Waals surface area contributed by atoms with Crippen LogP contribution in [0, 0.1) is 11.3 Å². The molecule has 2 aliphatic heterocycles. The van der Waals surface area contributed by atoms with Crippen LogP contribution < -0.4 is 16.6 Å². The van der Waals surface area contributed by atoms with Gasteiger partial charge in [0.05, 0.1) is 17.2 Å². The van der Waals surface area contributed by atoms with Gasteiger partial charge in [-0.25, -0.2) is 9.59 Å². The standard InChI is InChI=1S/C28H28N6O4/c1-31-26(36)23(21-7-4-5-19(15-21)16-29)17-33(28(31)38)18-25(35)32-12-10-22(11-13-32)34-14-9-20-6-2-3-8-24(20)30-27(34)37/h2-8,15,17,22H,9-14,18H2,1H3,(H,30,37). The van der Waals surface area contributed by atoms with Crippen molar-refractivity contribution in [3.05, 3.63) is 86.7 Å². The Morgan fingerprint density at radius 2 is 1.82 bits per heavy atom. The average molecular weight is 513 g/mol. The number of para-hydroxylation sites is 1. The molecule has 0 aliphatic carbocycles. The van der Waals surface area contributed by atoms with Gasteiger partial charge in [0.2, 0.25) is 5.91 Å². The molecule has 1 N–H and O–H groups in total. The molecular weight excluding hydrogens is 484 g/mol. The first-order valence-corrected chi connectivity index (χ1v) is 12.6. The number of hydrogen-bond donors (Lipinski definition) is 1. The second-order valence-corrected chi connectivity index (χ2v) is 9.65. The number of amides is 3. The molecule has 3 aromatic rings. The van der Waals surface area contributed by atoms with Crippen LogP contribution in [0.5, 0.6) is 0 Å². The Kier molecular flexibility index (Phi) is 6.83. The van der Waals surface area contributed by atoms with Crippen molar-refractivity contribution in [2.75, 3.05) is 25.0 Å². The van der Waals surface area contributed by atoms with Crippen molar-refractivity contribution in [3.63, 3.8) is 0 Å². The molecule has 0 bridgehead atoms. The van der Waals surface area contributed by atoms with E-state index >= 15 is 0 Å². The van der Waals surface area contributed by atoms with E-state index in [1.54, 1.807) is 29.2 Å². The molecule has 2 aliphatic rings. The van der Waals surface area contributed by atoms with Gasteiger partial charge in [-0.3, -0.25) is 18.7 Å². The first kappa shape index (κ1) is 25.0. The van der Waals surface area contributed by atoms with E-state index in [1.165, 1.54) is 17.8 Å². The lowest BCUT2D eigenvalue weighted by molar-refractivity contribution is -0.133. The number of aromatic nitrogens is 2. The van der Waals surface area contributed by atoms with Crippen LogP contribution in [0.25, 0.3) is 11.1 Å². The fourth-order valence-corrected chi connectivity index (χ4v) is 5.20. The highest BCUT2D eigenvalue weighted by molar-refractivity contribution is 5.91. The number of fused-ring (bicyclic) bond motifs is 1. The topological polar surface area (TPSA) is 120 Å². The number of nitrogens with zero attached hydrogens (tertiary/aromatic N) is 5. The summed E-state index contributed by atoms with van der Waals surface area (Å²) < 4.78 is 2.22. The summed E-state index contributed by atoms with van der Waals surface area (Å²) in [7, 11) is 1.37. The largest absolute Gasteiger partial charge is 0.341 e. The molecule has 2 aromatic carbocycles. The van der Waals surface area contributed by atoms with Crippen LogP contribution >= 0.6 is 0 Å². The minimum absolute atomic E-state index is 0.0210. The van der Waals surface area contributed by atoms with Crippen LogP contribution in [0.3, 0.4) is 0 Å². The van der Waals surface area contributed by atoms with E-state index in [4.69, 9.17) is 0 Å². The molecule has 1 saturated heterocycles. The Labute approximate surface area is 219 Å². The molecule has 0 unspecified atom stereocenters. The molecule has 38 heavy (non-hydrogen) atoms. The molecule has 5 rings (SSSR count). The van der Waals surface area contributed by atoms with Crippen LogP contribution in [-0.2, 0) is 24.8 Å². The maximum atomic E-state index is 13.2. The average Bonchev–Trinajstić information content (AvgIpc) is 3.11. The second-order valence-electron chi connectivity index (χ2n) is 9.65. The van der Waals surface area contributed by atoms with E-state index in [2.05, 4.69) is 5.32 Å². The monoisotopic (exact) mass is 512 g/mol. The van der Waals surface area contributed by atoms with Gasteiger partial charge in [0.1, 0.15) is 6.54 Å². The molecule has 3 amide bonds. The Hall–Kier alpha value is -4.65. The number of nitrogens with one attached hydrogen (secondary N) is 1. The predicted molar refractivity (Wildman–Crippen MR) is 142 cm³/mol. The van der Waals surface area contributed by atoms with E-state index in [0.717, 1.165) is 22.2 Å². The third-order valence-electron chi connectivity index (χ3n) is 7.36. The number of piperidine rings is 1. The number of carbonyl (C=O) groups excluding carboxylic acids is 2. The van der Waals surface area contributed by atoms with Gasteiger partial charge >= 0.3 is 11.7 Å². The number of benzene rings is 2. The van der Waals surface area contributed by atoms with E-state index in [0.29, 0.717) is 43.6 Å². The van der Waals surface area contributed by atoms with Crippen molar-refractivity contribution in [3.8, 4) is 17.2 Å². The Morgan fingerprint density at radius 3 is 2.58 bits per heavy atom. The predicted octanol–water partition coefficient (Wildman–Crippen LogP) is 2.17. The molecule has 194 valence electrons. The van der Waals surface area contributed by atoms with Crippen molar-refractivity contribution >= 4 is 17.6 Å². The number of rotatable bonds is 4. The Morgan fingerprint density at radius 1 is 1.05 bits per heavy atom. The maximum Gasteiger partial charge on any atom is 0.331 e. The molecule has 3 heterocycles. The Balaban J connectivity index is 1.27. The lowest BCUT2D eigenvalue weighted by Crippen LogP contribution is -2.51. The van der Waals surface area contributed by atoms with Gasteiger partial charge in [-0.15, -0.1) is 0 Å². The number of nitriles is 1. The highest BCUT2D eigenvalue weighted by Crippen LogP contribution is 2.24. The lowest BCUT2D eigenvalue weighted by atomic mass is 10.0. The summed E-state index contributed by atoms with van der Waals surface area (Å²) in [4.78, 5) is 55.2. The van der Waals surface area contributed by atoms with E-state index in [9.17, 15) is 24.4 Å². The Bertz CT molecular complexity index is 1560. The number of likely N-dealkylation sites (tertiary alicyclic amines) is 1. The minimum atomic E-state index is -0.584. The summed E-state index contributed by atoms with van der Waals surface area (Å²) in [5.74, 6) is -0.228. The fraction of sp³-hybridized carbons (Fsp3) is 0.321. The first-order valence-electron chi connectivity index (χ1n) is 12.6. The summed E-state index contributed by atoms with van der Waals surface area (Å²) >= 11 is 0.